The molecule has 1 heterocycles. The van der Waals surface area contributed by atoms with Crippen molar-refractivity contribution in [2.45, 2.75) is 39.7 Å². The summed E-state index contributed by atoms with van der Waals surface area (Å²) in [4.78, 5) is 11.2. The van der Waals surface area contributed by atoms with Gasteiger partial charge >= 0.3 is 5.97 Å². The second kappa shape index (κ2) is 6.89. The van der Waals surface area contributed by atoms with E-state index in [0.717, 1.165) is 28.8 Å². The van der Waals surface area contributed by atoms with Gasteiger partial charge < -0.3 is 10.8 Å². The number of carboxylic acids is 1. The fourth-order valence-electron chi connectivity index (χ4n) is 1.96. The van der Waals surface area contributed by atoms with Gasteiger partial charge in [-0.05, 0) is 42.2 Å². The van der Waals surface area contributed by atoms with Crippen LogP contribution >= 0.6 is 15.9 Å². The lowest BCUT2D eigenvalue weighted by atomic mass is 9.99. The Morgan fingerprint density at radius 1 is 1.56 bits per heavy atom. The lowest BCUT2D eigenvalue weighted by Crippen LogP contribution is -2.22. The number of aliphatic carboxylic acids is 1. The first kappa shape index (κ1) is 15.2. The van der Waals surface area contributed by atoms with Gasteiger partial charge in [-0.2, -0.15) is 5.10 Å². The van der Waals surface area contributed by atoms with E-state index in [0.29, 0.717) is 19.4 Å². The highest BCUT2D eigenvalue weighted by atomic mass is 79.9. The van der Waals surface area contributed by atoms with Gasteiger partial charge in [0.2, 0.25) is 0 Å². The van der Waals surface area contributed by atoms with E-state index in [-0.39, 0.29) is 0 Å². The summed E-state index contributed by atoms with van der Waals surface area (Å²) in [7, 11) is 0. The molecule has 3 N–H and O–H groups in total. The second-order valence-electron chi connectivity index (χ2n) is 4.19. The van der Waals surface area contributed by atoms with Crippen LogP contribution in [0.1, 0.15) is 31.7 Å². The molecule has 0 fully saturated rings. The number of hydrogen-bond donors (Lipinski definition) is 2. The van der Waals surface area contributed by atoms with Gasteiger partial charge in [0.15, 0.2) is 0 Å². The van der Waals surface area contributed by atoms with Crippen LogP contribution in [0.2, 0.25) is 0 Å². The SMILES string of the molecule is CCc1nn(CC)c(CC(CCN)C(=O)O)c1Br. The number of hydrogen-bond acceptors (Lipinski definition) is 3. The summed E-state index contributed by atoms with van der Waals surface area (Å²) in [6, 6.07) is 0. The zero-order valence-electron chi connectivity index (χ0n) is 10.8. The van der Waals surface area contributed by atoms with E-state index < -0.39 is 11.9 Å². The molecule has 0 aromatic carbocycles. The summed E-state index contributed by atoms with van der Waals surface area (Å²) in [5.41, 5.74) is 7.39. The number of nitrogens with two attached hydrogens (primary N) is 1. The number of aryl methyl sites for hydroxylation is 2. The highest BCUT2D eigenvalue weighted by Crippen LogP contribution is 2.25. The molecule has 5 nitrogen and oxygen atoms in total. The first-order valence-corrected chi connectivity index (χ1v) is 7.01. The summed E-state index contributed by atoms with van der Waals surface area (Å²) < 4.78 is 2.81. The quantitative estimate of drug-likeness (QED) is 0.803. The van der Waals surface area contributed by atoms with E-state index in [1.54, 1.807) is 0 Å². The van der Waals surface area contributed by atoms with Crippen LogP contribution in [-0.4, -0.2) is 27.4 Å². The van der Waals surface area contributed by atoms with E-state index in [1.807, 2.05) is 18.5 Å². The monoisotopic (exact) mass is 317 g/mol. The third kappa shape index (κ3) is 3.32. The highest BCUT2D eigenvalue weighted by molar-refractivity contribution is 9.10. The molecule has 6 heteroatoms. The molecular weight excluding hydrogens is 298 g/mol. The topological polar surface area (TPSA) is 81.1 Å². The van der Waals surface area contributed by atoms with Gasteiger partial charge in [-0.3, -0.25) is 9.48 Å². The van der Waals surface area contributed by atoms with Crippen molar-refractivity contribution in [2.24, 2.45) is 11.7 Å². The number of halogens is 1. The van der Waals surface area contributed by atoms with Crippen molar-refractivity contribution in [1.82, 2.24) is 9.78 Å². The van der Waals surface area contributed by atoms with Crippen LogP contribution < -0.4 is 5.73 Å². The van der Waals surface area contributed by atoms with Crippen molar-refractivity contribution in [2.75, 3.05) is 6.54 Å². The minimum absolute atomic E-state index is 0.384. The number of carbonyl (C=O) groups is 1. The maximum Gasteiger partial charge on any atom is 0.306 e. The normalized spacial score (nSPS) is 12.7. The Bertz CT molecular complexity index is 418. The lowest BCUT2D eigenvalue weighted by molar-refractivity contribution is -0.141. The van der Waals surface area contributed by atoms with Gasteiger partial charge in [0.1, 0.15) is 0 Å². The van der Waals surface area contributed by atoms with Gasteiger partial charge in [0.05, 0.1) is 21.8 Å². The van der Waals surface area contributed by atoms with Crippen LogP contribution in [0.4, 0.5) is 0 Å². The third-order valence-corrected chi connectivity index (χ3v) is 3.91. The van der Waals surface area contributed by atoms with Gasteiger partial charge in [-0.1, -0.05) is 6.92 Å². The Balaban J connectivity index is 3.00. The third-order valence-electron chi connectivity index (χ3n) is 3.00. The second-order valence-corrected chi connectivity index (χ2v) is 4.99. The van der Waals surface area contributed by atoms with E-state index in [2.05, 4.69) is 21.0 Å². The predicted molar refractivity (Wildman–Crippen MR) is 73.5 cm³/mol. The average Bonchev–Trinajstić information content (AvgIpc) is 2.65. The maximum absolute atomic E-state index is 11.2. The molecule has 0 saturated carbocycles. The molecule has 0 radical (unpaired) electrons. The average molecular weight is 318 g/mol. The molecule has 0 saturated heterocycles. The minimum Gasteiger partial charge on any atom is -0.481 e. The van der Waals surface area contributed by atoms with Crippen molar-refractivity contribution in [1.29, 1.82) is 0 Å². The molecule has 0 amide bonds. The number of aromatic nitrogens is 2. The smallest absolute Gasteiger partial charge is 0.306 e. The minimum atomic E-state index is -0.797. The fraction of sp³-hybridized carbons (Fsp3) is 0.667. The summed E-state index contributed by atoms with van der Waals surface area (Å²) >= 11 is 3.52. The molecule has 0 aliphatic carbocycles. The molecule has 1 rings (SSSR count). The zero-order chi connectivity index (χ0) is 13.7. The zero-order valence-corrected chi connectivity index (χ0v) is 12.4. The molecule has 1 aromatic rings. The number of rotatable bonds is 7. The number of carboxylic acid groups (broad SMARTS) is 1. The van der Waals surface area contributed by atoms with Crippen LogP contribution in [0.25, 0.3) is 0 Å². The van der Waals surface area contributed by atoms with Crippen LogP contribution in [0.5, 0.6) is 0 Å². The van der Waals surface area contributed by atoms with E-state index in [4.69, 9.17) is 5.73 Å². The van der Waals surface area contributed by atoms with Gasteiger partial charge in [0.25, 0.3) is 0 Å². The molecule has 0 aliphatic rings. The summed E-state index contributed by atoms with van der Waals surface area (Å²) in [6.07, 6.45) is 1.78. The van der Waals surface area contributed by atoms with Crippen molar-refractivity contribution in [3.05, 3.63) is 15.9 Å². The van der Waals surface area contributed by atoms with Crippen molar-refractivity contribution in [3.8, 4) is 0 Å². The molecule has 0 spiro atoms. The Kier molecular flexibility index (Phi) is 5.81. The fourth-order valence-corrected chi connectivity index (χ4v) is 2.69. The largest absolute Gasteiger partial charge is 0.481 e. The molecule has 1 unspecified atom stereocenters. The Morgan fingerprint density at radius 2 is 2.22 bits per heavy atom. The lowest BCUT2D eigenvalue weighted by Gasteiger charge is -2.12. The summed E-state index contributed by atoms with van der Waals surface area (Å²) in [5.74, 6) is -1.24. The maximum atomic E-state index is 11.2. The van der Waals surface area contributed by atoms with Crippen LogP contribution in [0.15, 0.2) is 4.47 Å². The molecule has 0 bridgehead atoms. The molecule has 1 atom stereocenters. The van der Waals surface area contributed by atoms with E-state index >= 15 is 0 Å². The summed E-state index contributed by atoms with van der Waals surface area (Å²) in [5, 5.41) is 13.6. The van der Waals surface area contributed by atoms with Gasteiger partial charge in [-0.15, -0.1) is 0 Å². The molecular formula is C12H20BrN3O2. The Labute approximate surface area is 115 Å². The van der Waals surface area contributed by atoms with Gasteiger partial charge in [0, 0.05) is 13.0 Å². The van der Waals surface area contributed by atoms with E-state index in [1.165, 1.54) is 0 Å². The summed E-state index contributed by atoms with van der Waals surface area (Å²) in [6.45, 7) is 5.16. The Hall–Kier alpha value is -0.880. The van der Waals surface area contributed by atoms with Crippen LogP contribution in [0.3, 0.4) is 0 Å². The van der Waals surface area contributed by atoms with Crippen LogP contribution in [0, 0.1) is 5.92 Å². The number of nitrogens with zero attached hydrogens (tertiary/aromatic N) is 2. The van der Waals surface area contributed by atoms with Crippen molar-refractivity contribution in [3.63, 3.8) is 0 Å². The molecule has 0 aliphatic heterocycles. The van der Waals surface area contributed by atoms with Crippen molar-refractivity contribution >= 4 is 21.9 Å². The standard InChI is InChI=1S/C12H20BrN3O2/c1-3-9-11(13)10(16(4-2)15-9)7-8(5-6-14)12(17)18/h8H,3-7,14H2,1-2H3,(H,17,18). The van der Waals surface area contributed by atoms with E-state index in [9.17, 15) is 9.90 Å². The van der Waals surface area contributed by atoms with Crippen LogP contribution in [-0.2, 0) is 24.2 Å². The molecule has 102 valence electrons. The molecule has 18 heavy (non-hydrogen) atoms. The first-order valence-electron chi connectivity index (χ1n) is 6.21. The first-order chi connectivity index (χ1) is 8.54. The molecule has 1 aromatic heterocycles. The predicted octanol–water partition coefficient (Wildman–Crippen LogP) is 1.82. The Morgan fingerprint density at radius 3 is 2.67 bits per heavy atom. The van der Waals surface area contributed by atoms with Gasteiger partial charge in [-0.25, -0.2) is 0 Å². The highest BCUT2D eigenvalue weighted by Gasteiger charge is 2.22. The van der Waals surface area contributed by atoms with Crippen molar-refractivity contribution < 1.29 is 9.90 Å².